The van der Waals surface area contributed by atoms with Crippen LogP contribution < -0.4 is 0 Å². The summed E-state index contributed by atoms with van der Waals surface area (Å²) in [5.41, 5.74) is 1.98. The average molecular weight is 231 g/mol. The maximum absolute atomic E-state index is 4.23. The molecular weight excluding hydrogens is 226 g/mol. The molecule has 0 atom stereocenters. The van der Waals surface area contributed by atoms with Crippen molar-refractivity contribution < 1.29 is 0 Å². The number of thiophene rings is 2. The van der Waals surface area contributed by atoms with Crippen LogP contribution in [0.15, 0.2) is 22.9 Å². The Bertz CT molecular complexity index is 583. The Labute approximate surface area is 92.3 Å². The van der Waals surface area contributed by atoms with Crippen LogP contribution in [0.1, 0.15) is 0 Å². The van der Waals surface area contributed by atoms with Crippen LogP contribution in [0.2, 0.25) is 0 Å². The van der Waals surface area contributed by atoms with Gasteiger partial charge in [-0.15, -0.1) is 22.7 Å². The molecule has 3 aromatic heterocycles. The summed E-state index contributed by atoms with van der Waals surface area (Å²) in [5, 5.41) is 17.9. The first-order chi connectivity index (χ1) is 7.45. The molecule has 1 aromatic carbocycles. The van der Waals surface area contributed by atoms with Crippen molar-refractivity contribution >= 4 is 53.9 Å². The van der Waals surface area contributed by atoms with Gasteiger partial charge in [-0.3, -0.25) is 0 Å². The van der Waals surface area contributed by atoms with Crippen molar-refractivity contribution in [3.05, 3.63) is 22.9 Å². The molecule has 5 heteroatoms. The lowest BCUT2D eigenvalue weighted by atomic mass is 10.2. The molecule has 0 unspecified atom stereocenters. The molecule has 0 bridgehead atoms. The van der Waals surface area contributed by atoms with E-state index in [1.54, 1.807) is 22.7 Å². The standard InChI is InChI=1S/C10H5N3S2/c1-3-14-9-5(1)7-8(12-13-11-7)10-6(9)2-4-15-10/h1-4H,(H,11,12,13). The zero-order valence-electron chi connectivity index (χ0n) is 7.52. The Hall–Kier alpha value is -1.46. The monoisotopic (exact) mass is 231 g/mol. The number of H-pyrrole nitrogens is 1. The SMILES string of the molecule is c1cc2c3n[nH]nc3c3sccc3c2s1. The van der Waals surface area contributed by atoms with Crippen LogP contribution >= 0.6 is 22.7 Å². The predicted molar refractivity (Wildman–Crippen MR) is 64.7 cm³/mol. The Morgan fingerprint density at radius 3 is 2.53 bits per heavy atom. The normalized spacial score (nSPS) is 12.0. The van der Waals surface area contributed by atoms with Crippen LogP contribution in [0.4, 0.5) is 0 Å². The zero-order chi connectivity index (χ0) is 9.83. The topological polar surface area (TPSA) is 41.6 Å². The van der Waals surface area contributed by atoms with E-state index in [0.29, 0.717) is 0 Å². The van der Waals surface area contributed by atoms with E-state index in [1.807, 2.05) is 0 Å². The smallest absolute Gasteiger partial charge is 0.131 e. The van der Waals surface area contributed by atoms with Crippen LogP contribution in [-0.2, 0) is 0 Å². The van der Waals surface area contributed by atoms with Gasteiger partial charge in [0, 0.05) is 15.5 Å². The summed E-state index contributed by atoms with van der Waals surface area (Å²) < 4.78 is 2.54. The third-order valence-electron chi connectivity index (χ3n) is 2.59. The minimum absolute atomic E-state index is 0.987. The van der Waals surface area contributed by atoms with Crippen molar-refractivity contribution in [2.75, 3.05) is 0 Å². The van der Waals surface area contributed by atoms with E-state index >= 15 is 0 Å². The molecule has 72 valence electrons. The molecule has 15 heavy (non-hydrogen) atoms. The lowest BCUT2D eigenvalue weighted by molar-refractivity contribution is 0.961. The Morgan fingerprint density at radius 1 is 0.867 bits per heavy atom. The minimum atomic E-state index is 0.987. The van der Waals surface area contributed by atoms with Gasteiger partial charge in [0.1, 0.15) is 11.0 Å². The van der Waals surface area contributed by atoms with Crippen LogP contribution in [0.3, 0.4) is 0 Å². The van der Waals surface area contributed by atoms with Gasteiger partial charge >= 0.3 is 0 Å². The fourth-order valence-corrected chi connectivity index (χ4v) is 3.84. The highest BCUT2D eigenvalue weighted by atomic mass is 32.1. The first-order valence-corrected chi connectivity index (χ1v) is 6.28. The molecule has 0 amide bonds. The lowest BCUT2D eigenvalue weighted by Gasteiger charge is -1.93. The summed E-state index contributed by atoms with van der Waals surface area (Å²) in [6, 6.07) is 4.27. The first-order valence-electron chi connectivity index (χ1n) is 4.52. The van der Waals surface area contributed by atoms with E-state index < -0.39 is 0 Å². The summed E-state index contributed by atoms with van der Waals surface area (Å²) in [6.45, 7) is 0. The summed E-state index contributed by atoms with van der Waals surface area (Å²) in [4.78, 5) is 0. The van der Waals surface area contributed by atoms with Crippen LogP contribution in [0, 0.1) is 0 Å². The first kappa shape index (κ1) is 7.78. The number of hydrogen-bond acceptors (Lipinski definition) is 4. The number of nitrogens with one attached hydrogen (secondary N) is 1. The summed E-state index contributed by atoms with van der Waals surface area (Å²) >= 11 is 3.49. The molecule has 3 heterocycles. The number of fused-ring (bicyclic) bond motifs is 6. The highest BCUT2D eigenvalue weighted by molar-refractivity contribution is 7.21. The quantitative estimate of drug-likeness (QED) is 0.504. The third-order valence-corrected chi connectivity index (χ3v) is 4.46. The third kappa shape index (κ3) is 0.848. The average Bonchev–Trinajstić information content (AvgIpc) is 2.97. The van der Waals surface area contributed by atoms with Gasteiger partial charge in [0.2, 0.25) is 0 Å². The van der Waals surface area contributed by atoms with Gasteiger partial charge in [-0.05, 0) is 22.9 Å². The second-order valence-corrected chi connectivity index (χ2v) is 5.18. The molecule has 0 saturated heterocycles. The number of nitrogens with zero attached hydrogens (tertiary/aromatic N) is 2. The number of rotatable bonds is 0. The maximum atomic E-state index is 4.23. The van der Waals surface area contributed by atoms with Gasteiger partial charge in [-0.25, -0.2) is 0 Å². The summed E-state index contributed by atoms with van der Waals surface area (Å²) in [7, 11) is 0. The fourth-order valence-electron chi connectivity index (χ4n) is 1.95. The summed E-state index contributed by atoms with van der Waals surface area (Å²) in [5.74, 6) is 0. The predicted octanol–water partition coefficient (Wildman–Crippen LogP) is 3.39. The molecule has 0 saturated carbocycles. The second kappa shape index (κ2) is 2.56. The van der Waals surface area contributed by atoms with E-state index in [4.69, 9.17) is 0 Å². The van der Waals surface area contributed by atoms with E-state index in [0.717, 1.165) is 11.0 Å². The van der Waals surface area contributed by atoms with Crippen LogP contribution in [0.25, 0.3) is 31.2 Å². The molecule has 3 nitrogen and oxygen atoms in total. The minimum Gasteiger partial charge on any atom is -0.197 e. The number of aromatic amines is 1. The van der Waals surface area contributed by atoms with E-state index in [2.05, 4.69) is 38.3 Å². The van der Waals surface area contributed by atoms with Crippen LogP contribution in [0.5, 0.6) is 0 Å². The van der Waals surface area contributed by atoms with Crippen molar-refractivity contribution in [1.29, 1.82) is 0 Å². The molecule has 1 N–H and O–H groups in total. The number of aromatic nitrogens is 3. The molecule has 4 rings (SSSR count). The van der Waals surface area contributed by atoms with Crippen molar-refractivity contribution in [3.8, 4) is 0 Å². The maximum Gasteiger partial charge on any atom is 0.131 e. The Morgan fingerprint density at radius 2 is 1.60 bits per heavy atom. The molecule has 0 fully saturated rings. The molecule has 0 spiro atoms. The van der Waals surface area contributed by atoms with Crippen molar-refractivity contribution in [2.45, 2.75) is 0 Å². The van der Waals surface area contributed by atoms with E-state index in [1.165, 1.54) is 20.2 Å². The van der Waals surface area contributed by atoms with Crippen molar-refractivity contribution in [1.82, 2.24) is 15.4 Å². The van der Waals surface area contributed by atoms with Gasteiger partial charge < -0.3 is 0 Å². The molecule has 0 aliphatic rings. The second-order valence-electron chi connectivity index (χ2n) is 3.35. The Balaban J connectivity index is 2.56. The van der Waals surface area contributed by atoms with Crippen molar-refractivity contribution in [3.63, 3.8) is 0 Å². The zero-order valence-corrected chi connectivity index (χ0v) is 9.15. The molecule has 0 aliphatic heterocycles. The van der Waals surface area contributed by atoms with Crippen LogP contribution in [-0.4, -0.2) is 15.4 Å². The highest BCUT2D eigenvalue weighted by Crippen LogP contribution is 2.38. The van der Waals surface area contributed by atoms with Gasteiger partial charge in [0.05, 0.1) is 4.70 Å². The van der Waals surface area contributed by atoms with Gasteiger partial charge in [-0.1, -0.05) is 0 Å². The highest BCUT2D eigenvalue weighted by Gasteiger charge is 2.12. The number of hydrogen-bond donors (Lipinski definition) is 1. The molecule has 4 aromatic rings. The Kier molecular flexibility index (Phi) is 1.33. The van der Waals surface area contributed by atoms with Gasteiger partial charge in [0.25, 0.3) is 0 Å². The number of benzene rings is 1. The van der Waals surface area contributed by atoms with E-state index in [9.17, 15) is 0 Å². The van der Waals surface area contributed by atoms with Crippen molar-refractivity contribution in [2.24, 2.45) is 0 Å². The summed E-state index contributed by atoms with van der Waals surface area (Å²) in [6.07, 6.45) is 0. The molecular formula is C10H5N3S2. The van der Waals surface area contributed by atoms with Gasteiger partial charge in [0.15, 0.2) is 0 Å². The van der Waals surface area contributed by atoms with Gasteiger partial charge in [-0.2, -0.15) is 15.4 Å². The fraction of sp³-hybridized carbons (Fsp3) is 0. The van der Waals surface area contributed by atoms with E-state index in [-0.39, 0.29) is 0 Å². The lowest BCUT2D eigenvalue weighted by Crippen LogP contribution is -1.72. The largest absolute Gasteiger partial charge is 0.197 e. The molecule has 0 radical (unpaired) electrons. The molecule has 0 aliphatic carbocycles.